The van der Waals surface area contributed by atoms with Crippen LogP contribution in [0.25, 0.3) is 22.4 Å². The first-order chi connectivity index (χ1) is 19.6. The number of aromatic nitrogens is 1. The average Bonchev–Trinajstić information content (AvgIpc) is 2.92. The number of esters is 1. The molecule has 9 nitrogen and oxygen atoms in total. The Morgan fingerprint density at radius 1 is 0.878 bits per heavy atom. The summed E-state index contributed by atoms with van der Waals surface area (Å²) in [5.74, 6) is -1.51. The second-order valence-electron chi connectivity index (χ2n) is 10.3. The van der Waals surface area contributed by atoms with Crippen LogP contribution in [0.4, 0.5) is 11.5 Å². The molecule has 1 heterocycles. The van der Waals surface area contributed by atoms with Gasteiger partial charge in [0, 0.05) is 35.3 Å². The van der Waals surface area contributed by atoms with Gasteiger partial charge < -0.3 is 26.2 Å². The van der Waals surface area contributed by atoms with Gasteiger partial charge in [0.25, 0.3) is 5.91 Å². The summed E-state index contributed by atoms with van der Waals surface area (Å²) in [6.07, 6.45) is 0.149. The molecule has 9 heteroatoms. The SMILES string of the molecule is CC(C)(C)OC(=O)c1c(-c2cccc(NC(=O)CCN)c2)cc(-c2ccccc2O)nc1NC(=O)c1ccccc1. The average molecular weight is 553 g/mol. The molecule has 0 saturated heterocycles. The summed E-state index contributed by atoms with van der Waals surface area (Å²) in [6.45, 7) is 5.42. The molecule has 4 aromatic rings. The van der Waals surface area contributed by atoms with Crippen molar-refractivity contribution in [1.29, 1.82) is 0 Å². The Hall–Kier alpha value is -5.02. The summed E-state index contributed by atoms with van der Waals surface area (Å²) < 4.78 is 5.75. The van der Waals surface area contributed by atoms with Gasteiger partial charge >= 0.3 is 5.97 Å². The molecular formula is C32H32N4O5. The molecule has 0 spiro atoms. The summed E-state index contributed by atoms with van der Waals surface area (Å²) in [4.78, 5) is 43.8. The number of hydrogen-bond donors (Lipinski definition) is 4. The van der Waals surface area contributed by atoms with Gasteiger partial charge in [0.2, 0.25) is 5.91 Å². The zero-order valence-electron chi connectivity index (χ0n) is 23.1. The highest BCUT2D eigenvalue weighted by Crippen LogP contribution is 2.37. The maximum Gasteiger partial charge on any atom is 0.343 e. The summed E-state index contributed by atoms with van der Waals surface area (Å²) >= 11 is 0. The fraction of sp³-hybridized carbons (Fsp3) is 0.188. The molecule has 0 unspecified atom stereocenters. The highest BCUT2D eigenvalue weighted by molar-refractivity contribution is 6.10. The minimum absolute atomic E-state index is 0.0220. The smallest absolute Gasteiger partial charge is 0.343 e. The lowest BCUT2D eigenvalue weighted by molar-refractivity contribution is -0.116. The quantitative estimate of drug-likeness (QED) is 0.208. The number of carbonyl (C=O) groups excluding carboxylic acids is 3. The third-order valence-corrected chi connectivity index (χ3v) is 5.90. The van der Waals surface area contributed by atoms with Gasteiger partial charge in [-0.25, -0.2) is 9.78 Å². The number of rotatable bonds is 8. The van der Waals surface area contributed by atoms with Gasteiger partial charge in [0.1, 0.15) is 22.7 Å². The Labute approximate surface area is 238 Å². The lowest BCUT2D eigenvalue weighted by atomic mass is 9.96. The van der Waals surface area contributed by atoms with E-state index >= 15 is 0 Å². The molecule has 0 aliphatic rings. The number of nitrogens with two attached hydrogens (primary N) is 1. The third-order valence-electron chi connectivity index (χ3n) is 5.90. The van der Waals surface area contributed by atoms with Crippen molar-refractivity contribution in [2.75, 3.05) is 17.2 Å². The fourth-order valence-electron chi connectivity index (χ4n) is 4.12. The van der Waals surface area contributed by atoms with Crippen molar-refractivity contribution in [3.05, 3.63) is 96.1 Å². The van der Waals surface area contributed by atoms with Gasteiger partial charge in [-0.05, 0) is 68.8 Å². The van der Waals surface area contributed by atoms with Crippen LogP contribution in [0.1, 0.15) is 47.9 Å². The number of benzene rings is 3. The van der Waals surface area contributed by atoms with E-state index < -0.39 is 17.5 Å². The van der Waals surface area contributed by atoms with Crippen molar-refractivity contribution in [3.8, 4) is 28.1 Å². The second-order valence-corrected chi connectivity index (χ2v) is 10.3. The van der Waals surface area contributed by atoms with E-state index in [9.17, 15) is 19.5 Å². The van der Waals surface area contributed by atoms with E-state index in [2.05, 4.69) is 15.6 Å². The highest BCUT2D eigenvalue weighted by atomic mass is 16.6. The molecule has 0 fully saturated rings. The monoisotopic (exact) mass is 552 g/mol. The number of phenolic OH excluding ortho intramolecular Hbond substituents is 1. The molecule has 41 heavy (non-hydrogen) atoms. The van der Waals surface area contributed by atoms with Gasteiger partial charge in [-0.1, -0.05) is 42.5 Å². The number of nitrogens with one attached hydrogen (secondary N) is 2. The largest absolute Gasteiger partial charge is 0.507 e. The number of para-hydroxylation sites is 1. The number of carbonyl (C=O) groups is 3. The third kappa shape index (κ3) is 7.34. The van der Waals surface area contributed by atoms with Crippen LogP contribution >= 0.6 is 0 Å². The minimum Gasteiger partial charge on any atom is -0.507 e. The Balaban J connectivity index is 1.95. The van der Waals surface area contributed by atoms with Crippen molar-refractivity contribution in [2.24, 2.45) is 5.73 Å². The van der Waals surface area contributed by atoms with Crippen molar-refractivity contribution >= 4 is 29.3 Å². The van der Waals surface area contributed by atoms with Gasteiger partial charge in [0.15, 0.2) is 0 Å². The molecule has 0 bridgehead atoms. The van der Waals surface area contributed by atoms with Gasteiger partial charge in [-0.15, -0.1) is 0 Å². The predicted molar refractivity (Wildman–Crippen MR) is 159 cm³/mol. The zero-order valence-corrected chi connectivity index (χ0v) is 23.1. The lowest BCUT2D eigenvalue weighted by Crippen LogP contribution is -2.26. The number of aromatic hydroxyl groups is 1. The van der Waals surface area contributed by atoms with Crippen LogP contribution in [0.5, 0.6) is 5.75 Å². The van der Waals surface area contributed by atoms with E-state index in [1.54, 1.807) is 99.6 Å². The standard InChI is InChI=1S/C32H32N4O5/c1-32(2,3)41-31(40)28-24(21-12-9-13-22(18-21)34-27(38)16-17-33)19-25(23-14-7-8-15-26(23)37)35-29(28)36-30(39)20-10-5-4-6-11-20/h4-15,18-19,37H,16-17,33H2,1-3H3,(H,34,38)(H,35,36,39). The second kappa shape index (κ2) is 12.4. The first-order valence-corrected chi connectivity index (χ1v) is 13.1. The van der Waals surface area contributed by atoms with E-state index in [0.29, 0.717) is 33.6 Å². The highest BCUT2D eigenvalue weighted by Gasteiger charge is 2.28. The van der Waals surface area contributed by atoms with Crippen LogP contribution in [0, 0.1) is 0 Å². The molecule has 0 atom stereocenters. The molecule has 210 valence electrons. The number of amides is 2. The topological polar surface area (TPSA) is 144 Å². The van der Waals surface area contributed by atoms with E-state index in [1.807, 2.05) is 0 Å². The Bertz CT molecular complexity index is 1580. The first-order valence-electron chi connectivity index (χ1n) is 13.1. The van der Waals surface area contributed by atoms with E-state index in [-0.39, 0.29) is 36.0 Å². The number of phenols is 1. The van der Waals surface area contributed by atoms with Gasteiger partial charge in [0.05, 0.1) is 5.69 Å². The van der Waals surface area contributed by atoms with Crippen molar-refractivity contribution < 1.29 is 24.2 Å². The number of hydrogen-bond acceptors (Lipinski definition) is 7. The van der Waals surface area contributed by atoms with Crippen LogP contribution in [-0.4, -0.2) is 40.0 Å². The molecule has 0 aliphatic carbocycles. The molecule has 5 N–H and O–H groups in total. The number of ether oxygens (including phenoxy) is 1. The molecule has 3 aromatic carbocycles. The van der Waals surface area contributed by atoms with E-state index in [0.717, 1.165) is 0 Å². The molecule has 0 saturated carbocycles. The summed E-state index contributed by atoms with van der Waals surface area (Å²) in [6, 6.07) is 23.7. The van der Waals surface area contributed by atoms with Crippen molar-refractivity contribution in [3.63, 3.8) is 0 Å². The normalized spacial score (nSPS) is 11.0. The Morgan fingerprint density at radius 3 is 2.27 bits per heavy atom. The maximum atomic E-state index is 13.7. The Morgan fingerprint density at radius 2 is 1.59 bits per heavy atom. The van der Waals surface area contributed by atoms with Crippen molar-refractivity contribution in [1.82, 2.24) is 4.98 Å². The van der Waals surface area contributed by atoms with E-state index in [1.165, 1.54) is 6.07 Å². The Kier molecular flexibility index (Phi) is 8.79. The first kappa shape index (κ1) is 29.0. The molecule has 1 aromatic heterocycles. The van der Waals surface area contributed by atoms with Crippen LogP contribution in [0.2, 0.25) is 0 Å². The summed E-state index contributed by atoms with van der Waals surface area (Å²) in [5.41, 5.74) is 7.19. The maximum absolute atomic E-state index is 13.7. The van der Waals surface area contributed by atoms with Crippen LogP contribution in [0.15, 0.2) is 84.9 Å². The van der Waals surface area contributed by atoms with Gasteiger partial charge in [-0.3, -0.25) is 9.59 Å². The van der Waals surface area contributed by atoms with Crippen LogP contribution < -0.4 is 16.4 Å². The molecular weight excluding hydrogens is 520 g/mol. The molecule has 2 amide bonds. The summed E-state index contributed by atoms with van der Waals surface area (Å²) in [7, 11) is 0. The van der Waals surface area contributed by atoms with E-state index in [4.69, 9.17) is 10.5 Å². The molecule has 0 radical (unpaired) electrons. The fourth-order valence-corrected chi connectivity index (χ4v) is 4.12. The number of pyridine rings is 1. The summed E-state index contributed by atoms with van der Waals surface area (Å²) in [5, 5.41) is 16.2. The zero-order chi connectivity index (χ0) is 29.6. The number of nitrogens with zero attached hydrogens (tertiary/aromatic N) is 1. The van der Waals surface area contributed by atoms with Crippen molar-refractivity contribution in [2.45, 2.75) is 32.8 Å². The minimum atomic E-state index is -0.844. The molecule has 0 aliphatic heterocycles. The predicted octanol–water partition coefficient (Wildman–Crippen LogP) is 5.62. The van der Waals surface area contributed by atoms with Gasteiger partial charge in [-0.2, -0.15) is 0 Å². The molecule has 4 rings (SSSR count). The number of anilines is 2. The van der Waals surface area contributed by atoms with Crippen LogP contribution in [0.3, 0.4) is 0 Å². The lowest BCUT2D eigenvalue weighted by Gasteiger charge is -2.23. The van der Waals surface area contributed by atoms with Crippen LogP contribution in [-0.2, 0) is 9.53 Å².